The average molecular weight is 450 g/mol. The van der Waals surface area contributed by atoms with E-state index in [-0.39, 0.29) is 12.5 Å². The van der Waals surface area contributed by atoms with E-state index in [1.165, 1.54) is 0 Å². The number of ether oxygens (including phenoxy) is 2. The van der Waals surface area contributed by atoms with Gasteiger partial charge < -0.3 is 19.4 Å². The van der Waals surface area contributed by atoms with Gasteiger partial charge in [-0.2, -0.15) is 0 Å². The van der Waals surface area contributed by atoms with Gasteiger partial charge in [-0.05, 0) is 48.5 Å². The second kappa shape index (κ2) is 10.7. The van der Waals surface area contributed by atoms with Crippen LogP contribution in [0.2, 0.25) is 5.02 Å². The number of hydrogen-bond acceptors (Lipinski definition) is 4. The van der Waals surface area contributed by atoms with E-state index in [2.05, 4.69) is 9.88 Å². The Morgan fingerprint density at radius 3 is 2.44 bits per heavy atom. The minimum absolute atomic E-state index is 0.0526. The zero-order valence-corrected chi connectivity index (χ0v) is 18.3. The minimum atomic E-state index is -0.185. The molecule has 1 amide bonds. The molecule has 0 fully saturated rings. The molecule has 0 unspecified atom stereocenters. The molecule has 0 spiro atoms. The van der Waals surface area contributed by atoms with E-state index < -0.39 is 0 Å². The number of halogens is 1. The molecule has 0 aliphatic heterocycles. The Hall–Kier alpha value is -3.51. The number of nitrogens with one attached hydrogen (secondary N) is 1. The van der Waals surface area contributed by atoms with Crippen molar-refractivity contribution in [1.29, 1.82) is 0 Å². The number of imidazole rings is 1. The summed E-state index contributed by atoms with van der Waals surface area (Å²) < 4.78 is 13.5. The van der Waals surface area contributed by atoms with Crippen LogP contribution in [0.15, 0.2) is 78.9 Å². The highest BCUT2D eigenvalue weighted by Crippen LogP contribution is 2.17. The van der Waals surface area contributed by atoms with Crippen molar-refractivity contribution in [2.24, 2.45) is 0 Å². The topological polar surface area (TPSA) is 65.4 Å². The molecule has 4 aromatic rings. The predicted molar refractivity (Wildman–Crippen MR) is 125 cm³/mol. The lowest BCUT2D eigenvalue weighted by Gasteiger charge is -2.11. The zero-order chi connectivity index (χ0) is 22.2. The van der Waals surface area contributed by atoms with Crippen LogP contribution in [0.5, 0.6) is 11.5 Å². The molecule has 0 atom stereocenters. The third-order valence-electron chi connectivity index (χ3n) is 4.91. The quantitative estimate of drug-likeness (QED) is 0.387. The number of benzene rings is 3. The second-order valence-corrected chi connectivity index (χ2v) is 7.61. The van der Waals surface area contributed by atoms with Gasteiger partial charge in [0, 0.05) is 18.0 Å². The van der Waals surface area contributed by atoms with Gasteiger partial charge in [-0.25, -0.2) is 4.98 Å². The fourth-order valence-electron chi connectivity index (χ4n) is 3.38. The van der Waals surface area contributed by atoms with Gasteiger partial charge in [0.2, 0.25) is 0 Å². The largest absolute Gasteiger partial charge is 0.492 e. The number of aromatic nitrogens is 2. The van der Waals surface area contributed by atoms with Crippen molar-refractivity contribution in [3.63, 3.8) is 0 Å². The van der Waals surface area contributed by atoms with Crippen LogP contribution in [0.3, 0.4) is 0 Å². The number of amides is 1. The lowest BCUT2D eigenvalue weighted by Crippen LogP contribution is -2.31. The molecule has 164 valence electrons. The van der Waals surface area contributed by atoms with Crippen molar-refractivity contribution >= 4 is 28.5 Å². The number of nitrogens with zero attached hydrogens (tertiary/aromatic N) is 2. The highest BCUT2D eigenvalue weighted by molar-refractivity contribution is 6.30. The highest BCUT2D eigenvalue weighted by atomic mass is 35.5. The van der Waals surface area contributed by atoms with Crippen LogP contribution in [-0.2, 0) is 17.8 Å². The highest BCUT2D eigenvalue weighted by Gasteiger charge is 2.11. The Kier molecular flexibility index (Phi) is 7.25. The van der Waals surface area contributed by atoms with Crippen molar-refractivity contribution in [2.45, 2.75) is 13.0 Å². The van der Waals surface area contributed by atoms with Crippen LogP contribution in [0.25, 0.3) is 11.0 Å². The number of para-hydroxylation sites is 3. The number of hydrogen-bond donors (Lipinski definition) is 1. The van der Waals surface area contributed by atoms with Crippen molar-refractivity contribution in [3.05, 3.63) is 89.7 Å². The van der Waals surface area contributed by atoms with Crippen LogP contribution in [0, 0.1) is 0 Å². The number of carbonyl (C=O) groups is 1. The summed E-state index contributed by atoms with van der Waals surface area (Å²) in [6.45, 7) is 1.60. The Morgan fingerprint density at radius 2 is 1.62 bits per heavy atom. The molecule has 0 bridgehead atoms. The van der Waals surface area contributed by atoms with Gasteiger partial charge in [0.15, 0.2) is 6.61 Å². The molecule has 1 aromatic heterocycles. The van der Waals surface area contributed by atoms with Crippen LogP contribution >= 0.6 is 11.6 Å². The Morgan fingerprint density at radius 1 is 0.906 bits per heavy atom. The maximum atomic E-state index is 12.2. The molecule has 6 nitrogen and oxygen atoms in total. The van der Waals surface area contributed by atoms with Gasteiger partial charge in [0.05, 0.1) is 17.6 Å². The van der Waals surface area contributed by atoms with E-state index in [0.717, 1.165) is 22.6 Å². The van der Waals surface area contributed by atoms with E-state index in [9.17, 15) is 4.79 Å². The van der Waals surface area contributed by atoms with Gasteiger partial charge in [-0.1, -0.05) is 41.9 Å². The van der Waals surface area contributed by atoms with E-state index in [4.69, 9.17) is 26.1 Å². The summed E-state index contributed by atoms with van der Waals surface area (Å²) in [5.74, 6) is 2.16. The molecule has 1 N–H and O–H groups in total. The summed E-state index contributed by atoms with van der Waals surface area (Å²) in [6.07, 6.45) is 0.604. The van der Waals surface area contributed by atoms with Crippen molar-refractivity contribution in [2.75, 3.05) is 19.8 Å². The molecule has 0 saturated heterocycles. The molecule has 0 saturated carbocycles. The molecule has 1 heterocycles. The smallest absolute Gasteiger partial charge is 0.257 e. The molecule has 4 rings (SSSR count). The van der Waals surface area contributed by atoms with Crippen molar-refractivity contribution in [1.82, 2.24) is 14.9 Å². The van der Waals surface area contributed by atoms with Gasteiger partial charge in [-0.15, -0.1) is 0 Å². The fraction of sp³-hybridized carbons (Fsp3) is 0.200. The number of carbonyl (C=O) groups excluding carboxylic acids is 1. The molecule has 0 aliphatic carbocycles. The summed E-state index contributed by atoms with van der Waals surface area (Å²) in [5, 5.41) is 3.52. The standard InChI is InChI=1S/C25H24ClN3O3/c26-19-10-12-21(13-11-19)32-18-25(30)27-15-14-24-28-22-8-4-5-9-23(22)29(24)16-17-31-20-6-2-1-3-7-20/h1-13H,14-18H2,(H,27,30). The van der Waals surface area contributed by atoms with Gasteiger partial charge in [-0.3, -0.25) is 4.79 Å². The molecule has 32 heavy (non-hydrogen) atoms. The third-order valence-corrected chi connectivity index (χ3v) is 5.17. The summed E-state index contributed by atoms with van der Waals surface area (Å²) >= 11 is 5.86. The Bertz CT molecular complexity index is 1160. The van der Waals surface area contributed by atoms with Gasteiger partial charge in [0.1, 0.15) is 23.9 Å². The molecule has 0 aliphatic rings. The normalized spacial score (nSPS) is 10.8. The van der Waals surface area contributed by atoms with Gasteiger partial charge >= 0.3 is 0 Å². The maximum Gasteiger partial charge on any atom is 0.257 e. The summed E-state index contributed by atoms with van der Waals surface area (Å²) in [4.78, 5) is 16.9. The van der Waals surface area contributed by atoms with Crippen LogP contribution in [-0.4, -0.2) is 35.2 Å². The molecule has 0 radical (unpaired) electrons. The number of rotatable bonds is 10. The summed E-state index contributed by atoms with van der Waals surface area (Å²) in [6, 6.07) is 24.7. The third kappa shape index (κ3) is 5.80. The zero-order valence-electron chi connectivity index (χ0n) is 17.5. The van der Waals surface area contributed by atoms with Crippen LogP contribution in [0.4, 0.5) is 0 Å². The molecular weight excluding hydrogens is 426 g/mol. The summed E-state index contributed by atoms with van der Waals surface area (Å²) in [5.41, 5.74) is 1.98. The van der Waals surface area contributed by atoms with E-state index in [1.807, 2.05) is 54.6 Å². The first kappa shape index (κ1) is 21.7. The van der Waals surface area contributed by atoms with E-state index in [1.54, 1.807) is 24.3 Å². The fourth-order valence-corrected chi connectivity index (χ4v) is 3.51. The molecule has 7 heteroatoms. The second-order valence-electron chi connectivity index (χ2n) is 7.17. The first-order valence-electron chi connectivity index (χ1n) is 10.5. The van der Waals surface area contributed by atoms with Crippen molar-refractivity contribution < 1.29 is 14.3 Å². The first-order valence-corrected chi connectivity index (χ1v) is 10.8. The Balaban J connectivity index is 1.32. The minimum Gasteiger partial charge on any atom is -0.492 e. The summed E-state index contributed by atoms with van der Waals surface area (Å²) in [7, 11) is 0. The van der Waals surface area contributed by atoms with Crippen LogP contribution < -0.4 is 14.8 Å². The maximum absolute atomic E-state index is 12.2. The number of fused-ring (bicyclic) bond motifs is 1. The Labute approximate surface area is 191 Å². The lowest BCUT2D eigenvalue weighted by atomic mass is 10.3. The monoisotopic (exact) mass is 449 g/mol. The SMILES string of the molecule is O=C(COc1ccc(Cl)cc1)NCCc1nc2ccccc2n1CCOc1ccccc1. The van der Waals surface area contributed by atoms with Gasteiger partial charge in [0.25, 0.3) is 5.91 Å². The van der Waals surface area contributed by atoms with E-state index >= 15 is 0 Å². The van der Waals surface area contributed by atoms with Crippen molar-refractivity contribution in [3.8, 4) is 11.5 Å². The molecule has 3 aromatic carbocycles. The van der Waals surface area contributed by atoms with Crippen LogP contribution in [0.1, 0.15) is 5.82 Å². The lowest BCUT2D eigenvalue weighted by molar-refractivity contribution is -0.123. The molecular formula is C25H24ClN3O3. The van der Waals surface area contributed by atoms with E-state index in [0.29, 0.717) is 36.9 Å². The average Bonchev–Trinajstić information content (AvgIpc) is 3.17. The first-order chi connectivity index (χ1) is 15.7. The predicted octanol–water partition coefficient (Wildman–Crippen LogP) is 4.51.